The molecule has 8 heteroatoms. The number of hydrogen-bond donors (Lipinski definition) is 2. The van der Waals surface area contributed by atoms with Gasteiger partial charge in [-0.25, -0.2) is 0 Å². The Morgan fingerprint density at radius 2 is 2.38 bits per heavy atom. The molecule has 0 amide bonds. The highest BCUT2D eigenvalue weighted by Gasteiger charge is 2.21. The molecule has 1 aromatic rings. The zero-order chi connectivity index (χ0) is 27.5. The molecule has 0 unspecified atom stereocenters. The number of morpholine rings is 1. The van der Waals surface area contributed by atoms with Crippen molar-refractivity contribution in [1.29, 1.82) is 0 Å². The maximum absolute atomic E-state index is 10.5. The van der Waals surface area contributed by atoms with Crippen molar-refractivity contribution in [3.8, 4) is 5.88 Å². The molecular formula is C13H24N4O3S. The van der Waals surface area contributed by atoms with E-state index in [2.05, 4.69) is 13.5 Å². The van der Waals surface area contributed by atoms with Crippen LogP contribution in [-0.4, -0.2) is 64.8 Å². The van der Waals surface area contributed by atoms with Crippen LogP contribution >= 0.6 is 11.7 Å². The lowest BCUT2D eigenvalue weighted by atomic mass is 10.1. The molecule has 2 rings (SSSR count). The summed E-state index contributed by atoms with van der Waals surface area (Å²) in [6, 6.07) is 0. The number of hydrogen-bond acceptors (Lipinski definition) is 8. The fourth-order valence-electron chi connectivity index (χ4n) is 1.26. The molecule has 1 aromatic heterocycles. The number of aromatic nitrogens is 2. The van der Waals surface area contributed by atoms with Crippen LogP contribution in [0, 0.1) is 0 Å². The maximum atomic E-state index is 10.5. The third-order valence-corrected chi connectivity index (χ3v) is 2.63. The SMILES string of the molecule is [2H]C1([2H])CN(c2nsnc2OC([2H])([2H])[C@@H](O)C([2H])([2H])NC(C)(C([2H])([2H])[2H])C([2H])([2H])[2H])CC([2H])([2H])O1. The normalized spacial score (nSPS) is 35.0. The van der Waals surface area contributed by atoms with E-state index in [-0.39, 0.29) is 5.82 Å². The third kappa shape index (κ3) is 5.39. The van der Waals surface area contributed by atoms with Gasteiger partial charge in [0, 0.05) is 36.1 Å². The molecule has 0 radical (unpaired) electrons. The number of aliphatic hydroxyl groups is 1. The summed E-state index contributed by atoms with van der Waals surface area (Å²) in [6.07, 6.45) is -2.81. The van der Waals surface area contributed by atoms with Gasteiger partial charge in [-0.15, -0.1) is 4.37 Å². The first-order valence-electron chi connectivity index (χ1n) is 12.8. The number of nitrogens with one attached hydrogen (secondary N) is 1. The molecule has 2 heterocycles. The molecule has 1 aliphatic rings. The minimum atomic E-state index is -3.36. The van der Waals surface area contributed by atoms with Gasteiger partial charge in [0.15, 0.2) is 0 Å². The van der Waals surface area contributed by atoms with Gasteiger partial charge in [0.2, 0.25) is 5.82 Å². The first-order valence-corrected chi connectivity index (χ1v) is 6.51. The second kappa shape index (κ2) is 7.35. The summed E-state index contributed by atoms with van der Waals surface area (Å²) in [5.74, 6) is -0.955. The van der Waals surface area contributed by atoms with Crippen molar-refractivity contribution in [3.63, 3.8) is 0 Å². The van der Waals surface area contributed by atoms with Gasteiger partial charge in [-0.05, 0) is 20.6 Å². The number of rotatable bonds is 6. The monoisotopic (exact) mass is 330 g/mol. The average molecular weight is 331 g/mol. The summed E-state index contributed by atoms with van der Waals surface area (Å²) in [7, 11) is 0. The summed E-state index contributed by atoms with van der Waals surface area (Å²) in [5.41, 5.74) is -2.89. The van der Waals surface area contributed by atoms with Gasteiger partial charge in [0.25, 0.3) is 5.88 Å². The number of β-amino-alcohol motifs (C(OH)–C–C–N with tert-alkyl or cyclic N) is 1. The highest BCUT2D eigenvalue weighted by Crippen LogP contribution is 2.26. The van der Waals surface area contributed by atoms with Gasteiger partial charge in [-0.1, -0.05) is 0 Å². The van der Waals surface area contributed by atoms with Gasteiger partial charge < -0.3 is 24.8 Å². The molecule has 120 valence electrons. The van der Waals surface area contributed by atoms with Crippen molar-refractivity contribution in [2.24, 2.45) is 0 Å². The molecule has 0 aliphatic carbocycles. The average Bonchev–Trinajstić information content (AvgIpc) is 3.03. The predicted molar refractivity (Wildman–Crippen MR) is 82.2 cm³/mol. The van der Waals surface area contributed by atoms with Crippen LogP contribution in [0.1, 0.15) is 39.8 Å². The zero-order valence-electron chi connectivity index (χ0n) is 25.0. The van der Waals surface area contributed by atoms with Crippen LogP contribution in [-0.2, 0) is 4.74 Å². The molecular weight excluding hydrogens is 292 g/mol. The third-order valence-electron chi connectivity index (χ3n) is 2.12. The van der Waals surface area contributed by atoms with E-state index in [9.17, 15) is 5.11 Å². The summed E-state index contributed by atoms with van der Waals surface area (Å²) in [5, 5.41) is 12.2. The number of aliphatic hydroxyl groups excluding tert-OH is 1. The minimum absolute atomic E-state index is 0.314. The van der Waals surface area contributed by atoms with Gasteiger partial charge in [0.1, 0.15) is 12.7 Å². The Balaban J connectivity index is 2.32. The van der Waals surface area contributed by atoms with Crippen molar-refractivity contribution in [3.05, 3.63) is 0 Å². The molecule has 2 N–H and O–H groups in total. The number of anilines is 1. The van der Waals surface area contributed by atoms with Crippen LogP contribution in [0.2, 0.25) is 0 Å². The van der Waals surface area contributed by atoms with Crippen LogP contribution < -0.4 is 15.0 Å². The molecule has 1 aliphatic heterocycles. The van der Waals surface area contributed by atoms with Gasteiger partial charge >= 0.3 is 0 Å². The van der Waals surface area contributed by atoms with Crippen LogP contribution in [0.25, 0.3) is 0 Å². The standard InChI is InChI=1S/C13H24N4O3S/c1-13(2,3)14-8-10(18)9-20-12-11(15-21-16-12)17-4-6-19-7-5-17/h10,14,18H,4-9H2,1-3H3/t10-/m0/s1/i1D3,2D3,6D2,7D2,8D2,9D2. The highest BCUT2D eigenvalue weighted by atomic mass is 32.1. The van der Waals surface area contributed by atoms with E-state index in [0.29, 0.717) is 18.7 Å². The Hall–Kier alpha value is -0.960. The lowest BCUT2D eigenvalue weighted by molar-refractivity contribution is 0.0975. The van der Waals surface area contributed by atoms with Gasteiger partial charge in [-0.3, -0.25) is 0 Å². The smallest absolute Gasteiger partial charge is 0.270 e. The second-order valence-electron chi connectivity index (χ2n) is 4.16. The summed E-state index contributed by atoms with van der Waals surface area (Å²) in [6.45, 7) is -18.6. The predicted octanol–water partition coefficient (Wildman–Crippen LogP) is 0.502. The quantitative estimate of drug-likeness (QED) is 0.786. The van der Waals surface area contributed by atoms with Gasteiger partial charge in [-0.2, -0.15) is 4.37 Å². The van der Waals surface area contributed by atoms with E-state index in [0.717, 1.165) is 4.90 Å². The van der Waals surface area contributed by atoms with Crippen LogP contribution in [0.4, 0.5) is 5.82 Å². The Labute approximate surface area is 149 Å². The van der Waals surface area contributed by atoms with Crippen molar-refractivity contribution in [1.82, 2.24) is 14.1 Å². The number of nitrogens with zero attached hydrogens (tertiary/aromatic N) is 3. The molecule has 1 saturated heterocycles. The van der Waals surface area contributed by atoms with Crippen LogP contribution in [0.15, 0.2) is 0 Å². The van der Waals surface area contributed by atoms with Crippen molar-refractivity contribution < 1.29 is 33.8 Å². The zero-order valence-corrected chi connectivity index (χ0v) is 11.8. The van der Waals surface area contributed by atoms with E-state index in [4.69, 9.17) is 23.9 Å². The Morgan fingerprint density at radius 3 is 3.10 bits per heavy atom. The molecule has 0 spiro atoms. The first kappa shape index (κ1) is 5.92. The fourth-order valence-corrected chi connectivity index (χ4v) is 1.77. The Morgan fingerprint density at radius 1 is 1.62 bits per heavy atom. The topological polar surface area (TPSA) is 79.7 Å². The van der Waals surface area contributed by atoms with E-state index < -0.39 is 70.5 Å². The summed E-state index contributed by atoms with van der Waals surface area (Å²) in [4.78, 5) is 1.03. The second-order valence-corrected chi connectivity index (χ2v) is 4.69. The molecule has 0 aromatic carbocycles. The fraction of sp³-hybridized carbons (Fsp3) is 0.846. The van der Waals surface area contributed by atoms with E-state index >= 15 is 0 Å². The molecule has 1 fully saturated rings. The largest absolute Gasteiger partial charge is 0.472 e. The van der Waals surface area contributed by atoms with Gasteiger partial charge in [0.05, 0.1) is 33.1 Å². The maximum Gasteiger partial charge on any atom is 0.270 e. The Bertz CT molecular complexity index is 875. The van der Waals surface area contributed by atoms with E-state index in [1.807, 2.05) is 0 Å². The molecule has 1 atom stereocenters. The van der Waals surface area contributed by atoms with Crippen molar-refractivity contribution >= 4 is 17.5 Å². The minimum Gasteiger partial charge on any atom is -0.472 e. The molecule has 7 nitrogen and oxygen atoms in total. The Kier molecular flexibility index (Phi) is 2.07. The highest BCUT2D eigenvalue weighted by molar-refractivity contribution is 6.99. The lowest BCUT2D eigenvalue weighted by Gasteiger charge is -2.27. The van der Waals surface area contributed by atoms with Crippen molar-refractivity contribution in [2.45, 2.75) is 32.3 Å². The first-order chi connectivity index (χ1) is 15.3. The van der Waals surface area contributed by atoms with Crippen molar-refractivity contribution in [2.75, 3.05) is 44.2 Å². The molecule has 0 saturated carbocycles. The van der Waals surface area contributed by atoms with E-state index in [1.165, 1.54) is 0 Å². The van der Waals surface area contributed by atoms with Crippen LogP contribution in [0.5, 0.6) is 5.88 Å². The molecule has 0 bridgehead atoms. The molecule has 21 heavy (non-hydrogen) atoms. The number of ether oxygens (including phenoxy) is 2. The summed E-state index contributed by atoms with van der Waals surface area (Å²) >= 11 is 0.478. The van der Waals surface area contributed by atoms with Crippen LogP contribution in [0.3, 0.4) is 0 Å². The summed E-state index contributed by atoms with van der Waals surface area (Å²) < 4.78 is 125. The lowest BCUT2D eigenvalue weighted by Crippen LogP contribution is -2.42. The van der Waals surface area contributed by atoms with E-state index in [1.54, 1.807) is 5.32 Å².